The Labute approximate surface area is 153 Å². The van der Waals surface area contributed by atoms with E-state index >= 15 is 0 Å². The van der Waals surface area contributed by atoms with Crippen molar-refractivity contribution in [2.45, 2.75) is 50.7 Å². The molecule has 0 bridgehead atoms. The lowest BCUT2D eigenvalue weighted by molar-refractivity contribution is -0.156. The van der Waals surface area contributed by atoms with Gasteiger partial charge in [-0.05, 0) is 24.3 Å². The summed E-state index contributed by atoms with van der Waals surface area (Å²) >= 11 is 1.67. The number of nitrogens with one attached hydrogen (secondary N) is 1. The number of thioether (sulfide) groups is 1. The van der Waals surface area contributed by atoms with Crippen molar-refractivity contribution >= 4 is 23.5 Å². The van der Waals surface area contributed by atoms with E-state index in [9.17, 15) is 9.59 Å². The summed E-state index contributed by atoms with van der Waals surface area (Å²) in [7, 11) is 0. The van der Waals surface area contributed by atoms with E-state index < -0.39 is 6.10 Å². The molecule has 25 heavy (non-hydrogen) atoms. The molecular formula is C19H26N2O3S. The van der Waals surface area contributed by atoms with Crippen LogP contribution >= 0.6 is 11.8 Å². The minimum Gasteiger partial charge on any atom is -0.364 e. The van der Waals surface area contributed by atoms with Crippen LogP contribution in [-0.4, -0.2) is 46.4 Å². The Morgan fingerprint density at radius 2 is 2.12 bits per heavy atom. The summed E-state index contributed by atoms with van der Waals surface area (Å²) in [5, 5.41) is 1.78. The molecule has 3 rings (SSSR count). The molecule has 136 valence electrons. The molecule has 1 amide bonds. The molecule has 2 fully saturated rings. The molecular weight excluding hydrogens is 336 g/mol. The van der Waals surface area contributed by atoms with Gasteiger partial charge in [0.2, 0.25) is 0 Å². The van der Waals surface area contributed by atoms with Crippen LogP contribution in [0.3, 0.4) is 0 Å². The first-order valence-electron chi connectivity index (χ1n) is 8.92. The Kier molecular flexibility index (Phi) is 6.15. The fourth-order valence-corrected chi connectivity index (χ4v) is 4.65. The smallest absolute Gasteiger partial charge is 0.266 e. The highest BCUT2D eigenvalue weighted by molar-refractivity contribution is 8.01. The van der Waals surface area contributed by atoms with Gasteiger partial charge in [-0.25, -0.2) is 5.43 Å². The third kappa shape index (κ3) is 4.43. The van der Waals surface area contributed by atoms with Gasteiger partial charge in [-0.1, -0.05) is 44.2 Å². The van der Waals surface area contributed by atoms with Crippen molar-refractivity contribution in [3.63, 3.8) is 0 Å². The number of benzene rings is 1. The average molecular weight is 362 g/mol. The first-order chi connectivity index (χ1) is 12.1. The van der Waals surface area contributed by atoms with E-state index in [0.717, 1.165) is 18.5 Å². The first kappa shape index (κ1) is 18.4. The van der Waals surface area contributed by atoms with Crippen LogP contribution in [0.1, 0.15) is 32.3 Å². The predicted octanol–water partition coefficient (Wildman–Crippen LogP) is 2.41. The van der Waals surface area contributed by atoms with E-state index in [-0.39, 0.29) is 23.0 Å². The van der Waals surface area contributed by atoms with Crippen molar-refractivity contribution in [3.8, 4) is 0 Å². The van der Waals surface area contributed by atoms with Crippen LogP contribution in [0.4, 0.5) is 0 Å². The van der Waals surface area contributed by atoms with Gasteiger partial charge in [0.15, 0.2) is 5.78 Å². The lowest BCUT2D eigenvalue weighted by Crippen LogP contribution is -2.61. The Balaban J connectivity index is 1.70. The van der Waals surface area contributed by atoms with Crippen molar-refractivity contribution in [1.82, 2.24) is 10.4 Å². The number of nitrogens with zero attached hydrogens (tertiary/aromatic N) is 1. The Bertz CT molecular complexity index is 608. The zero-order valence-electron chi connectivity index (χ0n) is 14.8. The van der Waals surface area contributed by atoms with Crippen LogP contribution in [0.25, 0.3) is 0 Å². The molecule has 1 N–H and O–H groups in total. The highest BCUT2D eigenvalue weighted by atomic mass is 32.2. The molecule has 6 heteroatoms. The first-order valence-corrected chi connectivity index (χ1v) is 9.97. The van der Waals surface area contributed by atoms with Gasteiger partial charge in [0.1, 0.15) is 12.1 Å². The second kappa shape index (κ2) is 8.34. The van der Waals surface area contributed by atoms with E-state index in [2.05, 4.69) is 19.3 Å². The quantitative estimate of drug-likeness (QED) is 0.842. The van der Waals surface area contributed by atoms with Gasteiger partial charge in [-0.3, -0.25) is 14.6 Å². The molecule has 2 saturated heterocycles. The average Bonchev–Trinajstić information content (AvgIpc) is 3.00. The van der Waals surface area contributed by atoms with Gasteiger partial charge >= 0.3 is 0 Å². The minimum atomic E-state index is -0.537. The predicted molar refractivity (Wildman–Crippen MR) is 99.0 cm³/mol. The van der Waals surface area contributed by atoms with Crippen molar-refractivity contribution < 1.29 is 14.3 Å². The fraction of sp³-hybridized carbons (Fsp3) is 0.579. The zero-order chi connectivity index (χ0) is 17.8. The van der Waals surface area contributed by atoms with Gasteiger partial charge in [-0.2, -0.15) is 0 Å². The van der Waals surface area contributed by atoms with Crippen molar-refractivity contribution in [1.29, 1.82) is 0 Å². The van der Waals surface area contributed by atoms with Gasteiger partial charge in [0.05, 0.1) is 12.4 Å². The number of fused-ring (bicyclic) bond motifs is 1. The molecule has 0 radical (unpaired) electrons. The third-order valence-electron chi connectivity index (χ3n) is 4.60. The Morgan fingerprint density at radius 3 is 2.84 bits per heavy atom. The molecule has 3 atom stereocenters. The van der Waals surface area contributed by atoms with Crippen LogP contribution in [0.15, 0.2) is 30.3 Å². The molecule has 0 aliphatic carbocycles. The monoisotopic (exact) mass is 362 g/mol. The molecule has 1 aromatic carbocycles. The fourth-order valence-electron chi connectivity index (χ4n) is 3.36. The highest BCUT2D eigenvalue weighted by Crippen LogP contribution is 2.33. The number of rotatable bonds is 6. The summed E-state index contributed by atoms with van der Waals surface area (Å²) < 4.78 is 5.99. The van der Waals surface area contributed by atoms with E-state index in [4.69, 9.17) is 4.74 Å². The molecule has 5 nitrogen and oxygen atoms in total. The molecule has 2 aliphatic rings. The summed E-state index contributed by atoms with van der Waals surface area (Å²) in [5.41, 5.74) is 4.18. The lowest BCUT2D eigenvalue weighted by atomic mass is 10.0. The maximum Gasteiger partial charge on any atom is 0.266 e. The van der Waals surface area contributed by atoms with Gasteiger partial charge in [0, 0.05) is 11.8 Å². The van der Waals surface area contributed by atoms with Gasteiger partial charge < -0.3 is 4.74 Å². The Hall–Kier alpha value is -1.37. The second-order valence-corrected chi connectivity index (χ2v) is 8.31. The number of ketones is 1. The second-order valence-electron chi connectivity index (χ2n) is 7.08. The van der Waals surface area contributed by atoms with Gasteiger partial charge in [0.25, 0.3) is 5.91 Å². The van der Waals surface area contributed by atoms with Crippen molar-refractivity contribution in [3.05, 3.63) is 35.9 Å². The SMILES string of the molecule is CC(C)C[C@H](OCc1ccccc1)C(=O)N1NCC[C@H]2SCC(=O)[C@H]21. The minimum absolute atomic E-state index is 0.116. The molecule has 0 spiro atoms. The van der Waals surface area contributed by atoms with E-state index in [1.807, 2.05) is 30.3 Å². The van der Waals surface area contributed by atoms with Crippen LogP contribution in [0, 0.1) is 5.92 Å². The van der Waals surface area contributed by atoms with Crippen molar-refractivity contribution in [2.75, 3.05) is 12.3 Å². The maximum absolute atomic E-state index is 13.1. The molecule has 2 heterocycles. The van der Waals surface area contributed by atoms with E-state index in [1.54, 1.807) is 16.8 Å². The summed E-state index contributed by atoms with van der Waals surface area (Å²) in [6, 6.07) is 9.52. The third-order valence-corrected chi connectivity index (χ3v) is 5.98. The summed E-state index contributed by atoms with van der Waals surface area (Å²) in [5.74, 6) is 0.858. The van der Waals surface area contributed by atoms with E-state index in [0.29, 0.717) is 24.7 Å². The number of hydrazine groups is 1. The normalized spacial score (nSPS) is 24.4. The number of hydrogen-bond donors (Lipinski definition) is 1. The number of amides is 1. The number of ether oxygens (including phenoxy) is 1. The highest BCUT2D eigenvalue weighted by Gasteiger charge is 2.45. The molecule has 0 aromatic heterocycles. The van der Waals surface area contributed by atoms with Crippen LogP contribution in [0.5, 0.6) is 0 Å². The molecule has 0 unspecified atom stereocenters. The number of hydrogen-bond acceptors (Lipinski definition) is 5. The summed E-state index contributed by atoms with van der Waals surface area (Å²) in [6.45, 7) is 5.28. The molecule has 2 aliphatic heterocycles. The topological polar surface area (TPSA) is 58.6 Å². The number of carbonyl (C=O) groups is 2. The zero-order valence-corrected chi connectivity index (χ0v) is 15.6. The van der Waals surface area contributed by atoms with Crippen molar-refractivity contribution in [2.24, 2.45) is 5.92 Å². The van der Waals surface area contributed by atoms with Crippen LogP contribution in [-0.2, 0) is 20.9 Å². The Morgan fingerprint density at radius 1 is 1.36 bits per heavy atom. The largest absolute Gasteiger partial charge is 0.364 e. The molecule has 0 saturated carbocycles. The van der Waals surface area contributed by atoms with Crippen LogP contribution in [0.2, 0.25) is 0 Å². The van der Waals surface area contributed by atoms with Crippen LogP contribution < -0.4 is 5.43 Å². The standard InChI is InChI=1S/C19H26N2O3S/c1-13(2)10-16(24-11-14-6-4-3-5-7-14)19(23)21-18-15(22)12-25-17(18)8-9-20-21/h3-7,13,16-18,20H,8-12H2,1-2H3/t16-,17+,18+/m0/s1. The summed E-state index contributed by atoms with van der Waals surface area (Å²) in [6.07, 6.45) is 1.03. The lowest BCUT2D eigenvalue weighted by Gasteiger charge is -2.38. The van der Waals surface area contributed by atoms with E-state index in [1.165, 1.54) is 0 Å². The molecule has 1 aromatic rings. The number of carbonyl (C=O) groups excluding carboxylic acids is 2. The summed E-state index contributed by atoms with van der Waals surface area (Å²) in [4.78, 5) is 25.4. The van der Waals surface area contributed by atoms with Gasteiger partial charge in [-0.15, -0.1) is 11.8 Å². The number of Topliss-reactive ketones (excluding diaryl/α,β-unsaturated/α-hetero) is 1. The maximum atomic E-state index is 13.1.